The summed E-state index contributed by atoms with van der Waals surface area (Å²) in [6.07, 6.45) is 2.09. The van der Waals surface area contributed by atoms with Crippen LogP contribution in [-0.4, -0.2) is 75.7 Å². The van der Waals surface area contributed by atoms with E-state index in [9.17, 15) is 9.18 Å². The minimum absolute atomic E-state index is 0.0512. The highest BCUT2D eigenvalue weighted by atomic mass is 35.5. The molecule has 4 heterocycles. The molecule has 3 aromatic carbocycles. The summed E-state index contributed by atoms with van der Waals surface area (Å²) in [5.74, 6) is 0.783. The van der Waals surface area contributed by atoms with Crippen LogP contribution in [-0.2, 0) is 22.1 Å². The van der Waals surface area contributed by atoms with Crippen LogP contribution in [0.5, 0.6) is 5.75 Å². The van der Waals surface area contributed by atoms with Gasteiger partial charge in [0, 0.05) is 30.5 Å². The summed E-state index contributed by atoms with van der Waals surface area (Å²) in [5, 5.41) is 8.55. The Morgan fingerprint density at radius 2 is 1.90 bits per heavy atom. The third-order valence-electron chi connectivity index (χ3n) is 9.01. The molecule has 0 radical (unpaired) electrons. The van der Waals surface area contributed by atoms with Gasteiger partial charge in [0.05, 0.1) is 52.0 Å². The van der Waals surface area contributed by atoms with Crippen molar-refractivity contribution in [3.05, 3.63) is 110 Å². The lowest BCUT2D eigenvalue weighted by Gasteiger charge is -2.37. The molecule has 51 heavy (non-hydrogen) atoms. The lowest BCUT2D eigenvalue weighted by molar-refractivity contribution is -0.0388. The first-order valence-electron chi connectivity index (χ1n) is 16.3. The number of ketones is 1. The standard InChI is InChI=1S/C36H33Cl2FN8O4/c1-36(18-40-2,35-45-26-15-24(37)25(38)16-27(26)46-35)51-10-4-9-49-11-12-50-22-7-5-20(6-8-22)32-31(34-42-19-43-47(34)3)33-30-23(29(48)17-41-33)13-21(39)14-28(30)44-32/h5-8,13-16,19,31-32,44H,4,9-12,17-18H2,1,3H3,(H,45,46)/t31-,32-,36+/m1/s1. The molecule has 12 nitrogen and oxygen atoms in total. The number of ether oxygens (including phenoxy) is 3. The molecular formula is C36H33Cl2FN8O4. The van der Waals surface area contributed by atoms with E-state index in [4.69, 9.17) is 44.0 Å². The third-order valence-corrected chi connectivity index (χ3v) is 9.73. The number of Topliss-reactive ketones (excluding diaryl/α,β-unsaturated/α-hetero) is 1. The number of nitrogens with zero attached hydrogens (tertiary/aromatic N) is 6. The number of rotatable bonds is 13. The number of nitrogens with one attached hydrogen (secondary N) is 2. The molecule has 2 aliphatic heterocycles. The van der Waals surface area contributed by atoms with Crippen LogP contribution in [0.3, 0.4) is 0 Å². The summed E-state index contributed by atoms with van der Waals surface area (Å²) in [4.78, 5) is 33.2. The molecule has 0 bridgehead atoms. The van der Waals surface area contributed by atoms with Gasteiger partial charge in [-0.3, -0.25) is 14.5 Å². The Morgan fingerprint density at radius 1 is 1.10 bits per heavy atom. The Balaban J connectivity index is 0.931. The van der Waals surface area contributed by atoms with E-state index in [1.165, 1.54) is 18.5 Å². The molecule has 0 amide bonds. The van der Waals surface area contributed by atoms with E-state index in [0.717, 1.165) is 5.56 Å². The maximum atomic E-state index is 14.6. The van der Waals surface area contributed by atoms with E-state index in [1.807, 2.05) is 38.2 Å². The fraction of sp³-hybridized carbons (Fsp3) is 0.333. The fourth-order valence-corrected chi connectivity index (χ4v) is 6.80. The fourth-order valence-electron chi connectivity index (χ4n) is 6.48. The number of halogens is 3. The molecule has 2 aliphatic rings. The molecule has 0 fully saturated rings. The maximum Gasteiger partial charge on any atom is 0.250 e. The second-order valence-electron chi connectivity index (χ2n) is 12.5. The zero-order valence-corrected chi connectivity index (χ0v) is 29.3. The van der Waals surface area contributed by atoms with E-state index >= 15 is 0 Å². The first-order valence-corrected chi connectivity index (χ1v) is 17.1. The van der Waals surface area contributed by atoms with Gasteiger partial charge in [0.1, 0.15) is 42.7 Å². The van der Waals surface area contributed by atoms with Crippen LogP contribution in [0.2, 0.25) is 10.0 Å². The Labute approximate surface area is 302 Å². The van der Waals surface area contributed by atoms with Gasteiger partial charge in [0.15, 0.2) is 11.4 Å². The third kappa shape index (κ3) is 6.92. The highest BCUT2D eigenvalue weighted by Crippen LogP contribution is 2.45. The molecule has 0 saturated heterocycles. The van der Waals surface area contributed by atoms with Crippen LogP contribution >= 0.6 is 23.2 Å². The molecule has 262 valence electrons. The summed E-state index contributed by atoms with van der Waals surface area (Å²) in [5.41, 5.74) is 3.46. The van der Waals surface area contributed by atoms with E-state index in [2.05, 4.69) is 35.2 Å². The maximum absolute atomic E-state index is 14.6. The number of aromatic amines is 1. The molecule has 7 rings (SSSR count). The number of aromatic nitrogens is 5. The molecule has 2 N–H and O–H groups in total. The second-order valence-corrected chi connectivity index (χ2v) is 13.3. The van der Waals surface area contributed by atoms with Crippen molar-refractivity contribution in [2.24, 2.45) is 12.0 Å². The Morgan fingerprint density at radius 3 is 2.67 bits per heavy atom. The number of carbonyl (C=O) groups excluding carboxylic acids is 1. The highest BCUT2D eigenvalue weighted by Gasteiger charge is 2.42. The van der Waals surface area contributed by atoms with Crippen LogP contribution in [0.1, 0.15) is 58.4 Å². The molecule has 0 unspecified atom stereocenters. The van der Waals surface area contributed by atoms with Crippen molar-refractivity contribution in [2.45, 2.75) is 30.9 Å². The van der Waals surface area contributed by atoms with Gasteiger partial charge in [-0.1, -0.05) is 35.3 Å². The molecular weight excluding hydrogens is 698 g/mol. The van der Waals surface area contributed by atoms with Crippen molar-refractivity contribution < 1.29 is 23.4 Å². The summed E-state index contributed by atoms with van der Waals surface area (Å²) in [6, 6.07) is 13.3. The number of aryl methyl sites for hydroxylation is 1. The molecule has 15 heteroatoms. The van der Waals surface area contributed by atoms with Crippen LogP contribution in [0.25, 0.3) is 15.9 Å². The average molecular weight is 732 g/mol. The number of H-pyrrole nitrogens is 1. The van der Waals surface area contributed by atoms with Gasteiger partial charge in [0.2, 0.25) is 6.54 Å². The van der Waals surface area contributed by atoms with Gasteiger partial charge in [-0.15, -0.1) is 0 Å². The van der Waals surface area contributed by atoms with E-state index in [-0.39, 0.29) is 30.8 Å². The van der Waals surface area contributed by atoms with Gasteiger partial charge >= 0.3 is 0 Å². The number of anilines is 1. The van der Waals surface area contributed by atoms with Crippen molar-refractivity contribution in [3.63, 3.8) is 0 Å². The minimum Gasteiger partial charge on any atom is -0.491 e. The molecule has 0 saturated carbocycles. The number of carbonyl (C=O) groups is 1. The van der Waals surface area contributed by atoms with Crippen molar-refractivity contribution >= 4 is 51.4 Å². The monoisotopic (exact) mass is 730 g/mol. The predicted molar refractivity (Wildman–Crippen MR) is 191 cm³/mol. The Hall–Kier alpha value is -4.87. The second kappa shape index (κ2) is 14.4. The zero-order chi connectivity index (χ0) is 35.7. The number of aliphatic imine (C=N–C) groups is 1. The number of benzene rings is 3. The molecule has 2 aromatic heterocycles. The molecule has 0 spiro atoms. The van der Waals surface area contributed by atoms with Gasteiger partial charge in [-0.2, -0.15) is 5.10 Å². The average Bonchev–Trinajstić information content (AvgIpc) is 3.73. The van der Waals surface area contributed by atoms with Crippen molar-refractivity contribution in [1.82, 2.24) is 24.7 Å². The van der Waals surface area contributed by atoms with Gasteiger partial charge < -0.3 is 29.4 Å². The lowest BCUT2D eigenvalue weighted by atomic mass is 9.78. The first kappa shape index (κ1) is 34.6. The summed E-state index contributed by atoms with van der Waals surface area (Å²) >= 11 is 12.3. The largest absolute Gasteiger partial charge is 0.491 e. The first-order chi connectivity index (χ1) is 24.6. The normalized spacial score (nSPS) is 17.7. The van der Waals surface area contributed by atoms with Crippen molar-refractivity contribution in [3.8, 4) is 5.75 Å². The molecule has 3 atom stereocenters. The summed E-state index contributed by atoms with van der Waals surface area (Å²) in [7, 11) is 1.81. The SMILES string of the molecule is [C-]#[N+]C[C@](C)(OCCCOCCOc1ccc([C@H]2Nc3cc(F)cc4c3C(=NCC4=O)[C@@H]2c2ncnn2C)cc1)c1nc2cc(Cl)c(Cl)cc2[nH]1. The van der Waals surface area contributed by atoms with E-state index in [1.54, 1.807) is 16.8 Å². The van der Waals surface area contributed by atoms with Crippen molar-refractivity contribution in [1.29, 1.82) is 0 Å². The highest BCUT2D eigenvalue weighted by molar-refractivity contribution is 6.42. The van der Waals surface area contributed by atoms with Crippen LogP contribution in [0, 0.1) is 12.4 Å². The number of hydrogen-bond acceptors (Lipinski definition) is 9. The number of hydrogen-bond donors (Lipinski definition) is 2. The topological polar surface area (TPSA) is 133 Å². The predicted octanol–water partition coefficient (Wildman–Crippen LogP) is 6.71. The van der Waals surface area contributed by atoms with E-state index in [0.29, 0.717) is 93.9 Å². The van der Waals surface area contributed by atoms with Crippen LogP contribution in [0.15, 0.2) is 59.9 Å². The minimum atomic E-state index is -0.943. The van der Waals surface area contributed by atoms with Gasteiger partial charge in [-0.05, 0) is 55.3 Å². The summed E-state index contributed by atoms with van der Waals surface area (Å²) < 4.78 is 34.1. The van der Waals surface area contributed by atoms with Crippen LogP contribution < -0.4 is 10.1 Å². The zero-order valence-electron chi connectivity index (χ0n) is 27.8. The van der Waals surface area contributed by atoms with Gasteiger partial charge in [0.25, 0.3) is 0 Å². The Bertz CT molecular complexity index is 2140. The molecule has 5 aromatic rings. The van der Waals surface area contributed by atoms with Crippen LogP contribution in [0.4, 0.5) is 10.1 Å². The lowest BCUT2D eigenvalue weighted by Crippen LogP contribution is -2.37. The Kier molecular flexibility index (Phi) is 9.76. The smallest absolute Gasteiger partial charge is 0.250 e. The summed E-state index contributed by atoms with van der Waals surface area (Å²) in [6.45, 7) is 10.8. The molecule has 0 aliphatic carbocycles. The number of fused-ring (bicyclic) bond motifs is 1. The van der Waals surface area contributed by atoms with Gasteiger partial charge in [-0.25, -0.2) is 20.9 Å². The van der Waals surface area contributed by atoms with Crippen molar-refractivity contribution in [2.75, 3.05) is 44.8 Å². The van der Waals surface area contributed by atoms with E-state index < -0.39 is 11.4 Å². The quantitative estimate of drug-likeness (QED) is 0.101. The number of imidazole rings is 1.